The zero-order valence-corrected chi connectivity index (χ0v) is 13.3. The van der Waals surface area contributed by atoms with Crippen LogP contribution in [0.2, 0.25) is 0 Å². The topological polar surface area (TPSA) is 87.6 Å². The minimum absolute atomic E-state index is 0.000800. The highest BCUT2D eigenvalue weighted by atomic mass is 16.2. The molecule has 1 aliphatic heterocycles. The van der Waals surface area contributed by atoms with Crippen molar-refractivity contribution in [1.82, 2.24) is 30.4 Å². The fourth-order valence-electron chi connectivity index (χ4n) is 2.91. The van der Waals surface area contributed by atoms with Crippen molar-refractivity contribution in [2.45, 2.75) is 38.1 Å². The number of hydrogen-bond acceptors (Lipinski definition) is 4. The number of aryl methyl sites for hydroxylation is 1. The van der Waals surface area contributed by atoms with Gasteiger partial charge in [-0.3, -0.25) is 9.48 Å². The molecule has 7 heteroatoms. The molecule has 3 N–H and O–H groups in total. The largest absolute Gasteiger partial charge is 0.354 e. The summed E-state index contributed by atoms with van der Waals surface area (Å²) in [6, 6.07) is 2.03. The van der Waals surface area contributed by atoms with Crippen LogP contribution in [0.3, 0.4) is 0 Å². The van der Waals surface area contributed by atoms with Crippen molar-refractivity contribution < 1.29 is 4.79 Å². The normalized spacial score (nSPS) is 18.0. The number of aromatic nitrogens is 4. The molecular weight excluding hydrogens is 292 g/mol. The van der Waals surface area contributed by atoms with Gasteiger partial charge in [0.25, 0.3) is 0 Å². The molecule has 0 bridgehead atoms. The monoisotopic (exact) mass is 316 g/mol. The van der Waals surface area contributed by atoms with Gasteiger partial charge in [0.05, 0.1) is 5.69 Å². The van der Waals surface area contributed by atoms with Crippen LogP contribution in [0.1, 0.15) is 36.7 Å². The Hall–Kier alpha value is -2.15. The molecule has 2 aromatic rings. The standard InChI is InChI=1S/C16H24N6O/c23-16(20-7-2-4-15-18-8-9-19-15)12-22-10-5-14(21-22)13-3-1-6-17-11-13/h5,8-10,13,17H,1-4,6-7,11-12H2,(H,18,19)(H,20,23)/t13-/m1/s1. The number of rotatable bonds is 7. The number of carbonyl (C=O) groups excluding carboxylic acids is 1. The third-order valence-corrected chi connectivity index (χ3v) is 4.15. The Labute approximate surface area is 135 Å². The van der Waals surface area contributed by atoms with Crippen molar-refractivity contribution >= 4 is 5.91 Å². The summed E-state index contributed by atoms with van der Waals surface area (Å²) < 4.78 is 1.73. The first-order valence-electron chi connectivity index (χ1n) is 8.30. The second kappa shape index (κ2) is 7.92. The van der Waals surface area contributed by atoms with Crippen LogP contribution in [0.25, 0.3) is 0 Å². The SMILES string of the molecule is O=C(Cn1ccc([C@@H]2CCCNC2)n1)NCCCc1ncc[nH]1. The van der Waals surface area contributed by atoms with E-state index in [-0.39, 0.29) is 12.5 Å². The Bertz CT molecular complexity index is 600. The molecule has 1 atom stereocenters. The lowest BCUT2D eigenvalue weighted by Crippen LogP contribution is -2.30. The fraction of sp³-hybridized carbons (Fsp3) is 0.562. The van der Waals surface area contributed by atoms with Gasteiger partial charge < -0.3 is 15.6 Å². The molecule has 0 aliphatic carbocycles. The average Bonchev–Trinajstić information content (AvgIpc) is 3.24. The third-order valence-electron chi connectivity index (χ3n) is 4.15. The molecule has 1 saturated heterocycles. The van der Waals surface area contributed by atoms with Gasteiger partial charge in [0.15, 0.2) is 0 Å². The van der Waals surface area contributed by atoms with Gasteiger partial charge in [-0.05, 0) is 31.9 Å². The highest BCUT2D eigenvalue weighted by Crippen LogP contribution is 2.21. The summed E-state index contributed by atoms with van der Waals surface area (Å²) in [6.45, 7) is 3.01. The van der Waals surface area contributed by atoms with E-state index in [0.717, 1.165) is 37.4 Å². The van der Waals surface area contributed by atoms with Gasteiger partial charge in [-0.25, -0.2) is 4.98 Å². The first-order valence-corrected chi connectivity index (χ1v) is 8.30. The number of H-pyrrole nitrogens is 1. The van der Waals surface area contributed by atoms with Gasteiger partial charge in [-0.1, -0.05) is 0 Å². The highest BCUT2D eigenvalue weighted by Gasteiger charge is 2.17. The molecule has 0 spiro atoms. The van der Waals surface area contributed by atoms with Crippen LogP contribution in [0, 0.1) is 0 Å². The highest BCUT2D eigenvalue weighted by molar-refractivity contribution is 5.75. The lowest BCUT2D eigenvalue weighted by molar-refractivity contribution is -0.121. The van der Waals surface area contributed by atoms with Crippen molar-refractivity contribution in [1.29, 1.82) is 0 Å². The first-order chi connectivity index (χ1) is 11.3. The minimum atomic E-state index is 0.000800. The quantitative estimate of drug-likeness (QED) is 0.660. The van der Waals surface area contributed by atoms with Crippen LogP contribution in [-0.4, -0.2) is 45.3 Å². The summed E-state index contributed by atoms with van der Waals surface area (Å²) in [6.07, 6.45) is 9.52. The van der Waals surface area contributed by atoms with E-state index in [1.165, 1.54) is 12.8 Å². The molecule has 1 aliphatic rings. The number of amides is 1. The molecule has 0 aromatic carbocycles. The van der Waals surface area contributed by atoms with Crippen LogP contribution in [-0.2, 0) is 17.8 Å². The molecule has 0 radical (unpaired) electrons. The number of piperidine rings is 1. The number of nitrogens with one attached hydrogen (secondary N) is 3. The maximum atomic E-state index is 12.0. The molecule has 1 fully saturated rings. The predicted molar refractivity (Wildman–Crippen MR) is 87.0 cm³/mol. The Morgan fingerprint density at radius 3 is 3.22 bits per heavy atom. The van der Waals surface area contributed by atoms with Gasteiger partial charge in [0, 0.05) is 44.0 Å². The summed E-state index contributed by atoms with van der Waals surface area (Å²) in [5.41, 5.74) is 1.09. The van der Waals surface area contributed by atoms with E-state index in [0.29, 0.717) is 12.5 Å². The second-order valence-electron chi connectivity index (χ2n) is 5.97. The van der Waals surface area contributed by atoms with Gasteiger partial charge in [0.2, 0.25) is 5.91 Å². The number of nitrogens with zero attached hydrogens (tertiary/aromatic N) is 3. The van der Waals surface area contributed by atoms with E-state index >= 15 is 0 Å². The lowest BCUT2D eigenvalue weighted by atomic mass is 9.97. The molecule has 2 aromatic heterocycles. The molecule has 3 rings (SSSR count). The summed E-state index contributed by atoms with van der Waals surface area (Å²) in [7, 11) is 0. The van der Waals surface area contributed by atoms with E-state index in [1.54, 1.807) is 10.9 Å². The zero-order chi connectivity index (χ0) is 15.9. The van der Waals surface area contributed by atoms with Crippen LogP contribution in [0.5, 0.6) is 0 Å². The molecule has 0 saturated carbocycles. The second-order valence-corrected chi connectivity index (χ2v) is 5.97. The summed E-state index contributed by atoms with van der Waals surface area (Å²) >= 11 is 0. The van der Waals surface area contributed by atoms with Gasteiger partial charge in [-0.2, -0.15) is 5.10 Å². The number of hydrogen-bond donors (Lipinski definition) is 3. The van der Waals surface area contributed by atoms with Gasteiger partial charge in [0.1, 0.15) is 12.4 Å². The van der Waals surface area contributed by atoms with Crippen LogP contribution < -0.4 is 10.6 Å². The molecule has 0 unspecified atom stereocenters. The molecule has 23 heavy (non-hydrogen) atoms. The maximum absolute atomic E-state index is 12.0. The van der Waals surface area contributed by atoms with Crippen molar-refractivity contribution in [2.24, 2.45) is 0 Å². The van der Waals surface area contributed by atoms with E-state index in [1.807, 2.05) is 18.5 Å². The molecule has 7 nitrogen and oxygen atoms in total. The van der Waals surface area contributed by atoms with Crippen molar-refractivity contribution in [3.05, 3.63) is 36.2 Å². The molecule has 3 heterocycles. The minimum Gasteiger partial charge on any atom is -0.354 e. The maximum Gasteiger partial charge on any atom is 0.241 e. The Morgan fingerprint density at radius 1 is 1.48 bits per heavy atom. The summed E-state index contributed by atoms with van der Waals surface area (Å²) in [4.78, 5) is 19.2. The number of aromatic amines is 1. The Kier molecular flexibility index (Phi) is 5.42. The summed E-state index contributed by atoms with van der Waals surface area (Å²) in [5, 5.41) is 10.9. The van der Waals surface area contributed by atoms with E-state index in [4.69, 9.17) is 0 Å². The third kappa shape index (κ3) is 4.66. The number of imidazole rings is 1. The van der Waals surface area contributed by atoms with Crippen LogP contribution in [0.4, 0.5) is 0 Å². The molecule has 1 amide bonds. The van der Waals surface area contributed by atoms with E-state index in [9.17, 15) is 4.79 Å². The van der Waals surface area contributed by atoms with Crippen LogP contribution >= 0.6 is 0 Å². The van der Waals surface area contributed by atoms with Crippen molar-refractivity contribution in [2.75, 3.05) is 19.6 Å². The molecular formula is C16H24N6O. The Balaban J connectivity index is 1.38. The first kappa shape index (κ1) is 15.7. The van der Waals surface area contributed by atoms with E-state index in [2.05, 4.69) is 25.7 Å². The van der Waals surface area contributed by atoms with Gasteiger partial charge >= 0.3 is 0 Å². The predicted octanol–water partition coefficient (Wildman–Crippen LogP) is 0.822. The number of carbonyl (C=O) groups is 1. The fourth-order valence-corrected chi connectivity index (χ4v) is 2.91. The van der Waals surface area contributed by atoms with Crippen LogP contribution in [0.15, 0.2) is 24.7 Å². The lowest BCUT2D eigenvalue weighted by Gasteiger charge is -2.20. The van der Waals surface area contributed by atoms with E-state index < -0.39 is 0 Å². The van der Waals surface area contributed by atoms with Crippen molar-refractivity contribution in [3.63, 3.8) is 0 Å². The molecule has 124 valence electrons. The Morgan fingerprint density at radius 2 is 2.43 bits per heavy atom. The average molecular weight is 316 g/mol. The van der Waals surface area contributed by atoms with Gasteiger partial charge in [-0.15, -0.1) is 0 Å². The zero-order valence-electron chi connectivity index (χ0n) is 13.3. The smallest absolute Gasteiger partial charge is 0.241 e. The summed E-state index contributed by atoms with van der Waals surface area (Å²) in [5.74, 6) is 1.43. The van der Waals surface area contributed by atoms with Crippen molar-refractivity contribution in [3.8, 4) is 0 Å².